The van der Waals surface area contributed by atoms with Crippen LogP contribution in [0, 0.1) is 0 Å². The zero-order valence-corrected chi connectivity index (χ0v) is 11.4. The maximum Gasteiger partial charge on any atom is 0.193 e. The van der Waals surface area contributed by atoms with Gasteiger partial charge >= 0.3 is 0 Å². The van der Waals surface area contributed by atoms with Crippen LogP contribution in [-0.4, -0.2) is 20.0 Å². The fourth-order valence-corrected chi connectivity index (χ4v) is 1.93. The van der Waals surface area contributed by atoms with Crippen LogP contribution in [0.5, 0.6) is 11.5 Å². The van der Waals surface area contributed by atoms with Crippen molar-refractivity contribution in [1.29, 1.82) is 0 Å². The summed E-state index contributed by atoms with van der Waals surface area (Å²) in [5.41, 5.74) is 1.03. The van der Waals surface area contributed by atoms with E-state index in [0.29, 0.717) is 27.6 Å². The lowest BCUT2D eigenvalue weighted by Gasteiger charge is -2.08. The van der Waals surface area contributed by atoms with E-state index in [9.17, 15) is 4.79 Å². The first-order valence-electron chi connectivity index (χ1n) is 5.67. The first-order valence-corrected chi connectivity index (χ1v) is 6.05. The fourth-order valence-electron chi connectivity index (χ4n) is 1.73. The number of rotatable bonds is 4. The van der Waals surface area contributed by atoms with Crippen LogP contribution in [0.4, 0.5) is 0 Å². The molecule has 0 unspecified atom stereocenters. The summed E-state index contributed by atoms with van der Waals surface area (Å²) in [6.45, 7) is 0. The van der Waals surface area contributed by atoms with Crippen molar-refractivity contribution < 1.29 is 14.3 Å². The molecule has 0 saturated heterocycles. The van der Waals surface area contributed by atoms with Crippen LogP contribution in [0.25, 0.3) is 0 Å². The van der Waals surface area contributed by atoms with Crippen LogP contribution < -0.4 is 9.47 Å². The van der Waals surface area contributed by atoms with Gasteiger partial charge in [-0.15, -0.1) is 0 Å². The lowest BCUT2D eigenvalue weighted by atomic mass is 10.0. The van der Waals surface area contributed by atoms with E-state index in [-0.39, 0.29) is 5.78 Å². The maximum absolute atomic E-state index is 12.4. The van der Waals surface area contributed by atoms with Crippen molar-refractivity contribution in [3.63, 3.8) is 0 Å². The number of hydrogen-bond donors (Lipinski definition) is 0. The van der Waals surface area contributed by atoms with E-state index in [2.05, 4.69) is 0 Å². The summed E-state index contributed by atoms with van der Waals surface area (Å²) >= 11 is 5.89. The number of ketones is 1. The molecule has 0 fully saturated rings. The Morgan fingerprint density at radius 3 is 2.11 bits per heavy atom. The summed E-state index contributed by atoms with van der Waals surface area (Å²) < 4.78 is 10.3. The summed E-state index contributed by atoms with van der Waals surface area (Å²) in [6.07, 6.45) is 0. The number of benzene rings is 2. The second-order valence-electron chi connectivity index (χ2n) is 3.94. The van der Waals surface area contributed by atoms with Crippen molar-refractivity contribution in [2.45, 2.75) is 0 Å². The van der Waals surface area contributed by atoms with Crippen LogP contribution in [0.3, 0.4) is 0 Å². The minimum absolute atomic E-state index is 0.125. The Morgan fingerprint density at radius 1 is 0.947 bits per heavy atom. The lowest BCUT2D eigenvalue weighted by molar-refractivity contribution is 0.103. The summed E-state index contributed by atoms with van der Waals surface area (Å²) in [5.74, 6) is 1.02. The SMILES string of the molecule is COc1cc(OC)cc(C(=O)c2cccc(Cl)c2)c1. The summed E-state index contributed by atoms with van der Waals surface area (Å²) in [7, 11) is 3.09. The molecule has 2 aromatic carbocycles. The molecular formula is C15H13ClO3. The van der Waals surface area contributed by atoms with Gasteiger partial charge in [0, 0.05) is 22.2 Å². The molecule has 0 bridgehead atoms. The number of ether oxygens (including phenoxy) is 2. The first-order chi connectivity index (χ1) is 9.13. The molecule has 19 heavy (non-hydrogen) atoms. The van der Waals surface area contributed by atoms with Crippen LogP contribution in [0.2, 0.25) is 5.02 Å². The average molecular weight is 277 g/mol. The van der Waals surface area contributed by atoms with Crippen molar-refractivity contribution >= 4 is 17.4 Å². The third-order valence-electron chi connectivity index (χ3n) is 2.70. The number of carbonyl (C=O) groups excluding carboxylic acids is 1. The van der Waals surface area contributed by atoms with Gasteiger partial charge in [0.15, 0.2) is 5.78 Å². The highest BCUT2D eigenvalue weighted by Crippen LogP contribution is 2.24. The predicted octanol–water partition coefficient (Wildman–Crippen LogP) is 3.59. The predicted molar refractivity (Wildman–Crippen MR) is 74.4 cm³/mol. The minimum atomic E-state index is -0.125. The van der Waals surface area contributed by atoms with Crippen molar-refractivity contribution in [3.05, 3.63) is 58.6 Å². The van der Waals surface area contributed by atoms with Crippen molar-refractivity contribution in [2.24, 2.45) is 0 Å². The highest BCUT2D eigenvalue weighted by molar-refractivity contribution is 6.31. The molecule has 0 spiro atoms. The minimum Gasteiger partial charge on any atom is -0.497 e. The largest absolute Gasteiger partial charge is 0.497 e. The molecule has 0 amide bonds. The monoisotopic (exact) mass is 276 g/mol. The van der Waals surface area contributed by atoms with E-state index in [0.717, 1.165) is 0 Å². The molecular weight excluding hydrogens is 264 g/mol. The molecule has 0 N–H and O–H groups in total. The highest BCUT2D eigenvalue weighted by Gasteiger charge is 2.12. The summed E-state index contributed by atoms with van der Waals surface area (Å²) in [5, 5.41) is 0.528. The summed E-state index contributed by atoms with van der Waals surface area (Å²) in [6, 6.07) is 11.9. The van der Waals surface area contributed by atoms with Gasteiger partial charge in [0.05, 0.1) is 14.2 Å². The quantitative estimate of drug-likeness (QED) is 0.801. The van der Waals surface area contributed by atoms with Gasteiger partial charge in [-0.2, -0.15) is 0 Å². The second-order valence-corrected chi connectivity index (χ2v) is 4.38. The molecule has 2 rings (SSSR count). The molecule has 2 aromatic rings. The smallest absolute Gasteiger partial charge is 0.193 e. The van der Waals surface area contributed by atoms with E-state index < -0.39 is 0 Å². The van der Waals surface area contributed by atoms with Crippen molar-refractivity contribution in [3.8, 4) is 11.5 Å². The third kappa shape index (κ3) is 3.06. The van der Waals surface area contributed by atoms with Crippen molar-refractivity contribution in [2.75, 3.05) is 14.2 Å². The topological polar surface area (TPSA) is 35.5 Å². The fraction of sp³-hybridized carbons (Fsp3) is 0.133. The molecule has 0 heterocycles. The molecule has 98 valence electrons. The second kappa shape index (κ2) is 5.76. The Morgan fingerprint density at radius 2 is 1.58 bits per heavy atom. The van der Waals surface area contributed by atoms with Gasteiger partial charge < -0.3 is 9.47 Å². The zero-order chi connectivity index (χ0) is 13.8. The molecule has 0 atom stereocenters. The molecule has 0 aromatic heterocycles. The van der Waals surface area contributed by atoms with Crippen molar-refractivity contribution in [1.82, 2.24) is 0 Å². The molecule has 4 heteroatoms. The Bertz CT molecular complexity index is 586. The normalized spacial score (nSPS) is 10.1. The Kier molecular flexibility index (Phi) is 4.07. The van der Waals surface area contributed by atoms with E-state index in [4.69, 9.17) is 21.1 Å². The Labute approximate surface area is 116 Å². The molecule has 0 radical (unpaired) electrons. The molecule has 0 aliphatic carbocycles. The van der Waals surface area contributed by atoms with Crippen LogP contribution in [0.1, 0.15) is 15.9 Å². The molecule has 0 saturated carbocycles. The highest BCUT2D eigenvalue weighted by atomic mass is 35.5. The first kappa shape index (κ1) is 13.4. The zero-order valence-electron chi connectivity index (χ0n) is 10.6. The lowest BCUT2D eigenvalue weighted by Crippen LogP contribution is -2.02. The van der Waals surface area contributed by atoms with Crippen LogP contribution in [-0.2, 0) is 0 Å². The number of halogens is 1. The van der Waals surface area contributed by atoms with E-state index >= 15 is 0 Å². The molecule has 3 nitrogen and oxygen atoms in total. The maximum atomic E-state index is 12.4. The molecule has 0 aliphatic rings. The van der Waals surface area contributed by atoms with E-state index in [1.807, 2.05) is 0 Å². The van der Waals surface area contributed by atoms with Crippen LogP contribution >= 0.6 is 11.6 Å². The van der Waals surface area contributed by atoms with Gasteiger partial charge in [0.2, 0.25) is 0 Å². The van der Waals surface area contributed by atoms with Gasteiger partial charge in [-0.3, -0.25) is 4.79 Å². The van der Waals surface area contributed by atoms with Gasteiger partial charge in [0.25, 0.3) is 0 Å². The van der Waals surface area contributed by atoms with E-state index in [1.54, 1.807) is 56.7 Å². The average Bonchev–Trinajstić information content (AvgIpc) is 2.45. The van der Waals surface area contributed by atoms with Gasteiger partial charge in [0.1, 0.15) is 11.5 Å². The number of carbonyl (C=O) groups is 1. The number of methoxy groups -OCH3 is 2. The Balaban J connectivity index is 2.43. The third-order valence-corrected chi connectivity index (χ3v) is 2.94. The summed E-state index contributed by atoms with van der Waals surface area (Å²) in [4.78, 5) is 12.4. The van der Waals surface area contributed by atoms with Gasteiger partial charge in [-0.25, -0.2) is 0 Å². The van der Waals surface area contributed by atoms with Gasteiger partial charge in [-0.1, -0.05) is 23.7 Å². The van der Waals surface area contributed by atoms with Crippen LogP contribution in [0.15, 0.2) is 42.5 Å². The Hall–Kier alpha value is -2.00. The number of hydrogen-bond acceptors (Lipinski definition) is 3. The van der Waals surface area contributed by atoms with Gasteiger partial charge in [-0.05, 0) is 24.3 Å². The van der Waals surface area contributed by atoms with E-state index in [1.165, 1.54) is 0 Å². The standard InChI is InChI=1S/C15H13ClO3/c1-18-13-7-11(8-14(9-13)19-2)15(17)10-4-3-5-12(16)6-10/h3-9H,1-2H3. The molecule has 0 aliphatic heterocycles.